The van der Waals surface area contributed by atoms with E-state index < -0.39 is 0 Å². The molecule has 2 amide bonds. The Bertz CT molecular complexity index is 639. The van der Waals surface area contributed by atoms with Crippen LogP contribution in [0.1, 0.15) is 26.3 Å². The fourth-order valence-electron chi connectivity index (χ4n) is 1.59. The first-order chi connectivity index (χ1) is 9.56. The zero-order chi connectivity index (χ0) is 14.5. The summed E-state index contributed by atoms with van der Waals surface area (Å²) in [6, 6.07) is 14.0. The number of halogens is 1. The number of hydrazine groups is 1. The Kier molecular flexibility index (Phi) is 4.53. The first-order valence-corrected chi connectivity index (χ1v) is 6.78. The van der Waals surface area contributed by atoms with Crippen LogP contribution in [0, 0.1) is 6.92 Å². The second kappa shape index (κ2) is 6.34. The molecule has 0 fully saturated rings. The summed E-state index contributed by atoms with van der Waals surface area (Å²) in [5, 5.41) is 0. The van der Waals surface area contributed by atoms with E-state index in [1.54, 1.807) is 30.3 Å². The van der Waals surface area contributed by atoms with E-state index in [0.717, 1.165) is 10.0 Å². The Balaban J connectivity index is 1.96. The van der Waals surface area contributed by atoms with Gasteiger partial charge in [-0.25, -0.2) is 0 Å². The Morgan fingerprint density at radius 2 is 1.50 bits per heavy atom. The van der Waals surface area contributed by atoms with Gasteiger partial charge in [0.05, 0.1) is 0 Å². The van der Waals surface area contributed by atoms with Gasteiger partial charge in [0.1, 0.15) is 0 Å². The molecular formula is C15H13BrN2O2. The maximum absolute atomic E-state index is 11.8. The van der Waals surface area contributed by atoms with Gasteiger partial charge >= 0.3 is 0 Å². The molecule has 2 N–H and O–H groups in total. The highest BCUT2D eigenvalue weighted by atomic mass is 79.9. The number of hydrogen-bond donors (Lipinski definition) is 2. The normalized spacial score (nSPS) is 9.90. The van der Waals surface area contributed by atoms with E-state index in [-0.39, 0.29) is 11.8 Å². The number of hydrogen-bond acceptors (Lipinski definition) is 2. The Morgan fingerprint density at radius 1 is 0.900 bits per heavy atom. The van der Waals surface area contributed by atoms with Crippen molar-refractivity contribution < 1.29 is 9.59 Å². The van der Waals surface area contributed by atoms with Gasteiger partial charge in [0, 0.05) is 15.6 Å². The second-order valence-electron chi connectivity index (χ2n) is 4.28. The van der Waals surface area contributed by atoms with Crippen molar-refractivity contribution in [2.45, 2.75) is 6.92 Å². The molecule has 0 spiro atoms. The first-order valence-electron chi connectivity index (χ1n) is 5.99. The van der Waals surface area contributed by atoms with Gasteiger partial charge in [-0.2, -0.15) is 0 Å². The third-order valence-corrected chi connectivity index (χ3v) is 3.18. The van der Waals surface area contributed by atoms with Gasteiger partial charge in [-0.15, -0.1) is 0 Å². The van der Waals surface area contributed by atoms with Crippen LogP contribution >= 0.6 is 15.9 Å². The Hall–Kier alpha value is -2.14. The summed E-state index contributed by atoms with van der Waals surface area (Å²) >= 11 is 3.29. The van der Waals surface area contributed by atoms with E-state index in [1.165, 1.54) is 0 Å². The van der Waals surface area contributed by atoms with E-state index in [9.17, 15) is 9.59 Å². The molecule has 0 heterocycles. The van der Waals surface area contributed by atoms with Gasteiger partial charge in [0.15, 0.2) is 0 Å². The van der Waals surface area contributed by atoms with Crippen molar-refractivity contribution in [1.82, 2.24) is 10.9 Å². The summed E-state index contributed by atoms with van der Waals surface area (Å²) in [7, 11) is 0. The van der Waals surface area contributed by atoms with Gasteiger partial charge in [0.2, 0.25) is 0 Å². The molecule has 0 saturated heterocycles. The quantitative estimate of drug-likeness (QED) is 0.831. The standard InChI is InChI=1S/C15H13BrN2O2/c1-10-5-7-11(8-6-10)14(19)17-18-15(20)12-3-2-4-13(16)9-12/h2-9H,1H3,(H,17,19)(H,18,20). The molecular weight excluding hydrogens is 320 g/mol. The van der Waals surface area contributed by atoms with Gasteiger partial charge in [-0.1, -0.05) is 39.7 Å². The SMILES string of the molecule is Cc1ccc(C(=O)NNC(=O)c2cccc(Br)c2)cc1. The molecule has 20 heavy (non-hydrogen) atoms. The lowest BCUT2D eigenvalue weighted by Gasteiger charge is -2.07. The average Bonchev–Trinajstić information content (AvgIpc) is 2.45. The van der Waals surface area contributed by atoms with Crippen molar-refractivity contribution >= 4 is 27.7 Å². The monoisotopic (exact) mass is 332 g/mol. The molecule has 4 nitrogen and oxygen atoms in total. The van der Waals surface area contributed by atoms with Gasteiger partial charge in [-0.05, 0) is 37.3 Å². The molecule has 0 radical (unpaired) electrons. The summed E-state index contributed by atoms with van der Waals surface area (Å²) in [6.07, 6.45) is 0. The van der Waals surface area contributed by atoms with Crippen molar-refractivity contribution in [2.24, 2.45) is 0 Å². The van der Waals surface area contributed by atoms with Crippen molar-refractivity contribution in [3.05, 3.63) is 69.7 Å². The molecule has 0 atom stereocenters. The number of nitrogens with one attached hydrogen (secondary N) is 2. The summed E-state index contributed by atoms with van der Waals surface area (Å²) in [6.45, 7) is 1.94. The van der Waals surface area contributed by atoms with Crippen molar-refractivity contribution in [3.8, 4) is 0 Å². The van der Waals surface area contributed by atoms with Gasteiger partial charge < -0.3 is 0 Å². The fraction of sp³-hybridized carbons (Fsp3) is 0.0667. The van der Waals surface area contributed by atoms with Crippen LogP contribution in [0.15, 0.2) is 53.0 Å². The molecule has 2 rings (SSSR count). The zero-order valence-corrected chi connectivity index (χ0v) is 12.4. The van der Waals surface area contributed by atoms with Crippen molar-refractivity contribution in [2.75, 3.05) is 0 Å². The highest BCUT2D eigenvalue weighted by Crippen LogP contribution is 2.11. The number of carbonyl (C=O) groups is 2. The molecule has 0 unspecified atom stereocenters. The smallest absolute Gasteiger partial charge is 0.267 e. The summed E-state index contributed by atoms with van der Waals surface area (Å²) in [5.41, 5.74) is 6.78. The minimum atomic E-state index is -0.369. The summed E-state index contributed by atoms with van der Waals surface area (Å²) in [4.78, 5) is 23.7. The van der Waals surface area contributed by atoms with Gasteiger partial charge in [0.25, 0.3) is 11.8 Å². The molecule has 5 heteroatoms. The molecule has 0 aliphatic rings. The predicted octanol–water partition coefficient (Wildman–Crippen LogP) is 2.83. The number of rotatable bonds is 2. The topological polar surface area (TPSA) is 58.2 Å². The van der Waals surface area contributed by atoms with E-state index in [2.05, 4.69) is 26.8 Å². The fourth-order valence-corrected chi connectivity index (χ4v) is 1.99. The Morgan fingerprint density at radius 3 is 2.10 bits per heavy atom. The number of carbonyl (C=O) groups excluding carboxylic acids is 2. The van der Waals surface area contributed by atoms with Crippen LogP contribution in [-0.2, 0) is 0 Å². The molecule has 0 saturated carbocycles. The maximum atomic E-state index is 11.8. The summed E-state index contributed by atoms with van der Waals surface area (Å²) < 4.78 is 0.801. The molecule has 0 aliphatic heterocycles. The summed E-state index contributed by atoms with van der Waals surface area (Å²) in [5.74, 6) is -0.722. The minimum Gasteiger partial charge on any atom is -0.267 e. The van der Waals surface area contributed by atoms with E-state index in [4.69, 9.17) is 0 Å². The highest BCUT2D eigenvalue weighted by Gasteiger charge is 2.08. The van der Waals surface area contributed by atoms with Crippen LogP contribution in [0.3, 0.4) is 0 Å². The lowest BCUT2D eigenvalue weighted by molar-refractivity contribution is 0.0846. The molecule has 102 valence electrons. The molecule has 0 aliphatic carbocycles. The van der Waals surface area contributed by atoms with Crippen LogP contribution in [0.25, 0.3) is 0 Å². The largest absolute Gasteiger partial charge is 0.269 e. The molecule has 2 aromatic carbocycles. The van der Waals surface area contributed by atoms with Crippen LogP contribution in [-0.4, -0.2) is 11.8 Å². The Labute approximate surface area is 125 Å². The lowest BCUT2D eigenvalue weighted by Crippen LogP contribution is -2.41. The minimum absolute atomic E-state index is 0.353. The predicted molar refractivity (Wildman–Crippen MR) is 80.3 cm³/mol. The van der Waals surface area contributed by atoms with Gasteiger partial charge in [-0.3, -0.25) is 20.4 Å². The number of aryl methyl sites for hydroxylation is 1. The lowest BCUT2D eigenvalue weighted by atomic mass is 10.1. The molecule has 0 aromatic heterocycles. The third-order valence-electron chi connectivity index (χ3n) is 2.69. The molecule has 2 aromatic rings. The number of amides is 2. The van der Waals surface area contributed by atoms with Crippen LogP contribution in [0.4, 0.5) is 0 Å². The van der Waals surface area contributed by atoms with Crippen LogP contribution < -0.4 is 10.9 Å². The van der Waals surface area contributed by atoms with Crippen LogP contribution in [0.2, 0.25) is 0 Å². The highest BCUT2D eigenvalue weighted by molar-refractivity contribution is 9.10. The van der Waals surface area contributed by atoms with E-state index >= 15 is 0 Å². The number of benzene rings is 2. The third kappa shape index (κ3) is 3.68. The average molecular weight is 333 g/mol. The van der Waals surface area contributed by atoms with Crippen molar-refractivity contribution in [1.29, 1.82) is 0 Å². The first kappa shape index (κ1) is 14.3. The molecule has 0 bridgehead atoms. The van der Waals surface area contributed by atoms with Crippen LogP contribution in [0.5, 0.6) is 0 Å². The maximum Gasteiger partial charge on any atom is 0.269 e. The van der Waals surface area contributed by atoms with Crippen molar-refractivity contribution in [3.63, 3.8) is 0 Å². The van der Waals surface area contributed by atoms with E-state index in [1.807, 2.05) is 25.1 Å². The zero-order valence-electron chi connectivity index (χ0n) is 10.8. The second-order valence-corrected chi connectivity index (χ2v) is 5.20. The van der Waals surface area contributed by atoms with E-state index in [0.29, 0.717) is 11.1 Å².